The van der Waals surface area contributed by atoms with Gasteiger partial charge in [0, 0.05) is 12.8 Å². The summed E-state index contributed by atoms with van der Waals surface area (Å²) in [6.45, 7) is 4.84. The molecule has 0 aliphatic carbocycles. The summed E-state index contributed by atoms with van der Waals surface area (Å²) in [5.41, 5.74) is 0. The standard InChI is InChI=1S/C53H101NO5/c1-3-5-7-9-11-13-15-17-19-21-23-25-27-31-35-39-43-47-53(58)59-48-44-40-36-32-28-30-34-38-42-46-52(57)54-50(49-55)51(56)45-41-37-33-29-26-24-22-20-18-16-14-12-10-8-6-4-2/h17,19,41,45,50-51,55-56H,3-16,18,20-40,42-44,46-49H2,1-2H3,(H,54,57)/b19-17-,45-41+. The number of amides is 1. The lowest BCUT2D eigenvalue weighted by molar-refractivity contribution is -0.143. The Morgan fingerprint density at radius 2 is 0.797 bits per heavy atom. The molecular weight excluding hydrogens is 731 g/mol. The number of carbonyl (C=O) groups is 2. The highest BCUT2D eigenvalue weighted by Crippen LogP contribution is 2.16. The van der Waals surface area contributed by atoms with Crippen LogP contribution in [-0.2, 0) is 14.3 Å². The molecule has 6 heteroatoms. The van der Waals surface area contributed by atoms with E-state index in [1.54, 1.807) is 6.08 Å². The average Bonchev–Trinajstić information content (AvgIpc) is 3.24. The van der Waals surface area contributed by atoms with Crippen molar-refractivity contribution in [3.05, 3.63) is 24.3 Å². The Hall–Kier alpha value is -1.66. The van der Waals surface area contributed by atoms with Gasteiger partial charge in [-0.3, -0.25) is 9.59 Å². The third-order valence-corrected chi connectivity index (χ3v) is 12.0. The Morgan fingerprint density at radius 3 is 1.20 bits per heavy atom. The summed E-state index contributed by atoms with van der Waals surface area (Å²) in [6, 6.07) is -0.648. The number of hydrogen-bond donors (Lipinski definition) is 3. The number of ether oxygens (including phenoxy) is 1. The van der Waals surface area contributed by atoms with E-state index in [0.29, 0.717) is 19.4 Å². The zero-order chi connectivity index (χ0) is 43.0. The minimum Gasteiger partial charge on any atom is -0.466 e. The van der Waals surface area contributed by atoms with Gasteiger partial charge in [0.05, 0.1) is 25.4 Å². The predicted octanol–water partition coefficient (Wildman–Crippen LogP) is 15.5. The zero-order valence-corrected chi connectivity index (χ0v) is 39.5. The molecule has 0 aliphatic rings. The van der Waals surface area contributed by atoms with Crippen molar-refractivity contribution in [2.45, 2.75) is 289 Å². The zero-order valence-electron chi connectivity index (χ0n) is 39.5. The molecule has 0 radical (unpaired) electrons. The Bertz CT molecular complexity index is 920. The van der Waals surface area contributed by atoms with Gasteiger partial charge in [0.2, 0.25) is 5.91 Å². The minimum absolute atomic E-state index is 0.0306. The van der Waals surface area contributed by atoms with Crippen LogP contribution in [0.3, 0.4) is 0 Å². The van der Waals surface area contributed by atoms with Crippen LogP contribution < -0.4 is 5.32 Å². The van der Waals surface area contributed by atoms with E-state index in [1.165, 1.54) is 193 Å². The molecule has 1 amide bonds. The van der Waals surface area contributed by atoms with Gasteiger partial charge in [0.1, 0.15) is 0 Å². The summed E-state index contributed by atoms with van der Waals surface area (Å²) in [7, 11) is 0. The van der Waals surface area contributed by atoms with Gasteiger partial charge in [-0.15, -0.1) is 0 Å². The summed E-state index contributed by atoms with van der Waals surface area (Å²) in [5, 5.41) is 23.1. The number of rotatable bonds is 48. The molecule has 3 N–H and O–H groups in total. The van der Waals surface area contributed by atoms with E-state index in [0.717, 1.165) is 57.8 Å². The first kappa shape index (κ1) is 57.3. The number of aliphatic hydroxyl groups excluding tert-OH is 2. The van der Waals surface area contributed by atoms with Crippen LogP contribution in [-0.4, -0.2) is 47.4 Å². The van der Waals surface area contributed by atoms with Crippen LogP contribution in [0.1, 0.15) is 277 Å². The highest BCUT2D eigenvalue weighted by Gasteiger charge is 2.18. The Labute approximate surface area is 367 Å². The van der Waals surface area contributed by atoms with Gasteiger partial charge in [0.25, 0.3) is 0 Å². The van der Waals surface area contributed by atoms with Crippen molar-refractivity contribution in [2.24, 2.45) is 0 Å². The lowest BCUT2D eigenvalue weighted by Gasteiger charge is -2.20. The van der Waals surface area contributed by atoms with Gasteiger partial charge < -0.3 is 20.3 Å². The van der Waals surface area contributed by atoms with E-state index in [9.17, 15) is 19.8 Å². The lowest BCUT2D eigenvalue weighted by atomic mass is 10.0. The van der Waals surface area contributed by atoms with Crippen molar-refractivity contribution in [1.29, 1.82) is 0 Å². The maximum atomic E-state index is 12.4. The maximum Gasteiger partial charge on any atom is 0.305 e. The summed E-state index contributed by atoms with van der Waals surface area (Å²) in [4.78, 5) is 24.5. The molecule has 0 aromatic carbocycles. The Kier molecular flexibility index (Phi) is 47.6. The molecule has 0 bridgehead atoms. The first-order valence-electron chi connectivity index (χ1n) is 26.1. The molecule has 59 heavy (non-hydrogen) atoms. The van der Waals surface area contributed by atoms with E-state index >= 15 is 0 Å². The maximum absolute atomic E-state index is 12.4. The number of hydrogen-bond acceptors (Lipinski definition) is 5. The third kappa shape index (κ3) is 45.7. The van der Waals surface area contributed by atoms with Crippen LogP contribution >= 0.6 is 0 Å². The number of allylic oxidation sites excluding steroid dienone is 3. The van der Waals surface area contributed by atoms with Gasteiger partial charge in [0.15, 0.2) is 0 Å². The van der Waals surface area contributed by atoms with E-state index in [2.05, 4.69) is 31.3 Å². The molecule has 6 nitrogen and oxygen atoms in total. The van der Waals surface area contributed by atoms with Crippen LogP contribution in [0.4, 0.5) is 0 Å². The highest BCUT2D eigenvalue weighted by molar-refractivity contribution is 5.76. The fraction of sp³-hybridized carbons (Fsp3) is 0.887. The summed E-state index contributed by atoms with van der Waals surface area (Å²) in [5.74, 6) is -0.125. The molecule has 0 aliphatic heterocycles. The molecule has 348 valence electrons. The molecule has 0 rings (SSSR count). The molecule has 0 aromatic rings. The highest BCUT2D eigenvalue weighted by atomic mass is 16.5. The molecule has 0 spiro atoms. The number of unbranched alkanes of at least 4 members (excludes halogenated alkanes) is 35. The number of esters is 1. The second kappa shape index (κ2) is 49.0. The van der Waals surface area contributed by atoms with Crippen LogP contribution in [0, 0.1) is 0 Å². The molecule has 0 aromatic heterocycles. The number of aliphatic hydroxyl groups is 2. The molecule has 0 fully saturated rings. The van der Waals surface area contributed by atoms with Crippen LogP contribution in [0.2, 0.25) is 0 Å². The van der Waals surface area contributed by atoms with Crippen molar-refractivity contribution in [3.63, 3.8) is 0 Å². The molecule has 0 saturated heterocycles. The van der Waals surface area contributed by atoms with E-state index < -0.39 is 12.1 Å². The smallest absolute Gasteiger partial charge is 0.305 e. The monoisotopic (exact) mass is 832 g/mol. The van der Waals surface area contributed by atoms with Crippen molar-refractivity contribution in [2.75, 3.05) is 13.2 Å². The molecule has 0 saturated carbocycles. The third-order valence-electron chi connectivity index (χ3n) is 12.0. The summed E-state index contributed by atoms with van der Waals surface area (Å²) < 4.78 is 5.45. The van der Waals surface area contributed by atoms with Crippen molar-refractivity contribution in [1.82, 2.24) is 5.32 Å². The van der Waals surface area contributed by atoms with E-state index in [-0.39, 0.29) is 18.5 Å². The first-order valence-corrected chi connectivity index (χ1v) is 26.1. The topological polar surface area (TPSA) is 95.9 Å². The van der Waals surface area contributed by atoms with Crippen molar-refractivity contribution >= 4 is 11.9 Å². The average molecular weight is 832 g/mol. The largest absolute Gasteiger partial charge is 0.466 e. The SMILES string of the molecule is CCCCCCCC/C=C\CCCCCCCCCC(=O)OCCCCCCCCCCCC(=O)NC(CO)C(O)/C=C/CCCCCCCCCCCCCCCC. The lowest BCUT2D eigenvalue weighted by Crippen LogP contribution is -2.45. The van der Waals surface area contributed by atoms with Crippen molar-refractivity contribution in [3.8, 4) is 0 Å². The second-order valence-corrected chi connectivity index (χ2v) is 17.9. The number of carbonyl (C=O) groups excluding carboxylic acids is 2. The van der Waals surface area contributed by atoms with Gasteiger partial charge in [-0.25, -0.2) is 0 Å². The fourth-order valence-corrected chi connectivity index (χ4v) is 7.92. The molecule has 2 unspecified atom stereocenters. The quantitative estimate of drug-likeness (QED) is 0.0322. The molecular formula is C53H101NO5. The Balaban J connectivity index is 3.52. The minimum atomic E-state index is -0.861. The van der Waals surface area contributed by atoms with Crippen molar-refractivity contribution < 1.29 is 24.5 Å². The first-order chi connectivity index (χ1) is 29.0. The van der Waals surface area contributed by atoms with Gasteiger partial charge in [-0.05, 0) is 57.8 Å². The van der Waals surface area contributed by atoms with Gasteiger partial charge >= 0.3 is 5.97 Å². The second-order valence-electron chi connectivity index (χ2n) is 17.9. The summed E-state index contributed by atoms with van der Waals surface area (Å²) >= 11 is 0. The van der Waals surface area contributed by atoms with E-state index in [4.69, 9.17) is 4.74 Å². The van der Waals surface area contributed by atoms with E-state index in [1.807, 2.05) is 6.08 Å². The van der Waals surface area contributed by atoms with Crippen LogP contribution in [0.5, 0.6) is 0 Å². The predicted molar refractivity (Wildman–Crippen MR) is 255 cm³/mol. The summed E-state index contributed by atoms with van der Waals surface area (Å²) in [6.07, 6.45) is 57.4. The van der Waals surface area contributed by atoms with Crippen LogP contribution in [0.15, 0.2) is 24.3 Å². The normalized spacial score (nSPS) is 12.8. The molecule has 2 atom stereocenters. The molecule has 0 heterocycles. The fourth-order valence-electron chi connectivity index (χ4n) is 7.92. The van der Waals surface area contributed by atoms with Crippen LogP contribution in [0.25, 0.3) is 0 Å². The van der Waals surface area contributed by atoms with Gasteiger partial charge in [-0.2, -0.15) is 0 Å². The van der Waals surface area contributed by atoms with Gasteiger partial charge in [-0.1, -0.05) is 231 Å². The Morgan fingerprint density at radius 1 is 0.458 bits per heavy atom. The number of nitrogens with one attached hydrogen (secondary N) is 1.